The second-order valence-corrected chi connectivity index (χ2v) is 9.35. The second kappa shape index (κ2) is 9.84. The van der Waals surface area contributed by atoms with Crippen LogP contribution in [0.3, 0.4) is 0 Å². The van der Waals surface area contributed by atoms with Crippen LogP contribution in [-0.2, 0) is 19.2 Å². The molecule has 1 saturated heterocycles. The Labute approximate surface area is 194 Å². The molecule has 0 amide bonds. The molecular weight excluding hydrogens is 418 g/mol. The molecule has 6 nitrogen and oxygen atoms in total. The quantitative estimate of drug-likeness (QED) is 0.434. The van der Waals surface area contributed by atoms with Crippen LogP contribution in [0.5, 0.6) is 0 Å². The van der Waals surface area contributed by atoms with Gasteiger partial charge in [-0.05, 0) is 61.5 Å². The van der Waals surface area contributed by atoms with E-state index in [1.807, 2.05) is 25.1 Å². The molecule has 1 atom stereocenters. The summed E-state index contributed by atoms with van der Waals surface area (Å²) < 4.78 is 0. The van der Waals surface area contributed by atoms with Crippen molar-refractivity contribution in [3.05, 3.63) is 40.5 Å². The topological polar surface area (TPSA) is 91.8 Å². The molecule has 2 fully saturated rings. The van der Waals surface area contributed by atoms with Crippen LogP contribution in [0.1, 0.15) is 74.5 Å². The number of nitrogens with zero attached hydrogens (tertiary/aromatic N) is 1. The van der Waals surface area contributed by atoms with E-state index in [1.54, 1.807) is 0 Å². The molecule has 172 valence electrons. The molecule has 1 aliphatic heterocycles. The van der Waals surface area contributed by atoms with Gasteiger partial charge >= 0.3 is 5.97 Å². The van der Waals surface area contributed by atoms with Crippen molar-refractivity contribution in [2.24, 2.45) is 5.92 Å². The zero-order valence-corrected chi connectivity index (χ0v) is 19.0. The fraction of sp³-hybridized carbons (Fsp3) is 0.481. The molecular formula is C27H29NO5. The molecule has 6 heteroatoms. The van der Waals surface area contributed by atoms with E-state index in [9.17, 15) is 19.2 Å². The van der Waals surface area contributed by atoms with Crippen LogP contribution in [0.4, 0.5) is 0 Å². The minimum absolute atomic E-state index is 0.0128. The summed E-state index contributed by atoms with van der Waals surface area (Å²) in [7, 11) is 0. The van der Waals surface area contributed by atoms with Crippen molar-refractivity contribution < 1.29 is 24.3 Å². The summed E-state index contributed by atoms with van der Waals surface area (Å²) in [6.45, 7) is 4.34. The number of ketones is 3. The number of carboxylic acid groups (broad SMARTS) is 1. The Kier molecular flexibility index (Phi) is 6.90. The van der Waals surface area contributed by atoms with Gasteiger partial charge in [-0.3, -0.25) is 19.2 Å². The first-order valence-electron chi connectivity index (χ1n) is 11.7. The molecule has 1 N–H and O–H groups in total. The summed E-state index contributed by atoms with van der Waals surface area (Å²) in [5, 5.41) is 8.84. The monoisotopic (exact) mass is 447 g/mol. The van der Waals surface area contributed by atoms with Crippen LogP contribution in [0.15, 0.2) is 23.8 Å². The number of aliphatic carboxylic acids is 1. The second-order valence-electron chi connectivity index (χ2n) is 9.35. The van der Waals surface area contributed by atoms with Crippen LogP contribution < -0.4 is 0 Å². The molecule has 33 heavy (non-hydrogen) atoms. The first kappa shape index (κ1) is 23.1. The summed E-state index contributed by atoms with van der Waals surface area (Å²) in [5.74, 6) is 5.97. The third-order valence-corrected chi connectivity index (χ3v) is 6.92. The predicted octanol–water partition coefficient (Wildman–Crippen LogP) is 3.38. The van der Waals surface area contributed by atoms with Gasteiger partial charge in [0.2, 0.25) is 0 Å². The number of piperidine rings is 1. The third kappa shape index (κ3) is 5.31. The maximum absolute atomic E-state index is 12.9. The number of rotatable bonds is 3. The van der Waals surface area contributed by atoms with E-state index in [0.29, 0.717) is 37.0 Å². The fourth-order valence-corrected chi connectivity index (χ4v) is 5.03. The van der Waals surface area contributed by atoms with Crippen LogP contribution in [0.2, 0.25) is 0 Å². The van der Waals surface area contributed by atoms with Gasteiger partial charge in [0.25, 0.3) is 0 Å². The highest BCUT2D eigenvalue weighted by Gasteiger charge is 2.33. The lowest BCUT2D eigenvalue weighted by molar-refractivity contribution is -0.137. The fourth-order valence-electron chi connectivity index (χ4n) is 5.03. The summed E-state index contributed by atoms with van der Waals surface area (Å²) in [6.07, 6.45) is 2.96. The zero-order chi connectivity index (χ0) is 23.5. The van der Waals surface area contributed by atoms with Crippen molar-refractivity contribution >= 4 is 28.9 Å². The van der Waals surface area contributed by atoms with E-state index in [1.165, 1.54) is 0 Å². The minimum atomic E-state index is -0.764. The molecule has 0 radical (unpaired) electrons. The molecule has 1 aromatic carbocycles. The summed E-state index contributed by atoms with van der Waals surface area (Å²) in [4.78, 5) is 49.9. The van der Waals surface area contributed by atoms with Crippen LogP contribution in [-0.4, -0.2) is 53.0 Å². The van der Waals surface area contributed by atoms with Crippen molar-refractivity contribution in [1.82, 2.24) is 4.90 Å². The van der Waals surface area contributed by atoms with E-state index in [-0.39, 0.29) is 42.0 Å². The first-order chi connectivity index (χ1) is 15.8. The van der Waals surface area contributed by atoms with E-state index >= 15 is 0 Å². The number of carboxylic acids is 1. The lowest BCUT2D eigenvalue weighted by Gasteiger charge is -2.29. The van der Waals surface area contributed by atoms with Crippen LogP contribution in [0.25, 0.3) is 5.57 Å². The van der Waals surface area contributed by atoms with E-state index < -0.39 is 5.97 Å². The van der Waals surface area contributed by atoms with Gasteiger partial charge in [0.1, 0.15) is 5.78 Å². The van der Waals surface area contributed by atoms with Gasteiger partial charge < -0.3 is 10.0 Å². The highest BCUT2D eigenvalue weighted by molar-refractivity contribution is 6.30. The Bertz CT molecular complexity index is 1100. The Balaban J connectivity index is 1.52. The number of allylic oxidation sites excluding steroid dienone is 2. The maximum Gasteiger partial charge on any atom is 0.304 e. The van der Waals surface area contributed by atoms with Crippen molar-refractivity contribution in [2.45, 2.75) is 57.8 Å². The number of fused-ring (bicyclic) bond motifs is 1. The van der Waals surface area contributed by atoms with Gasteiger partial charge in [-0.2, -0.15) is 0 Å². The van der Waals surface area contributed by atoms with Gasteiger partial charge in [0.15, 0.2) is 11.6 Å². The average molecular weight is 448 g/mol. The van der Waals surface area contributed by atoms with Crippen LogP contribution >= 0.6 is 0 Å². The number of benzene rings is 1. The van der Waals surface area contributed by atoms with Gasteiger partial charge in [0, 0.05) is 42.0 Å². The van der Waals surface area contributed by atoms with Gasteiger partial charge in [-0.25, -0.2) is 0 Å². The Hall–Kier alpha value is -3.04. The molecule has 0 bridgehead atoms. The zero-order valence-electron chi connectivity index (χ0n) is 19.0. The highest BCUT2D eigenvalue weighted by Crippen LogP contribution is 2.40. The summed E-state index contributed by atoms with van der Waals surface area (Å²) in [6, 6.07) is 5.87. The maximum atomic E-state index is 12.9. The average Bonchev–Trinajstić information content (AvgIpc) is 2.78. The number of likely N-dealkylation sites (tertiary alicyclic amines) is 1. The number of hydrogen-bond acceptors (Lipinski definition) is 5. The van der Waals surface area contributed by atoms with Gasteiger partial charge in [-0.1, -0.05) is 24.8 Å². The molecule has 1 saturated carbocycles. The smallest absolute Gasteiger partial charge is 0.304 e. The summed E-state index contributed by atoms with van der Waals surface area (Å²) >= 11 is 0. The number of carbonyl (C=O) groups excluding carboxylic acids is 3. The third-order valence-electron chi connectivity index (χ3n) is 6.92. The molecule has 0 aromatic heterocycles. The molecule has 2 aliphatic carbocycles. The summed E-state index contributed by atoms with van der Waals surface area (Å²) in [5.41, 5.74) is 3.78. The van der Waals surface area contributed by atoms with E-state index in [0.717, 1.165) is 42.6 Å². The van der Waals surface area contributed by atoms with Crippen LogP contribution in [0, 0.1) is 17.8 Å². The van der Waals surface area contributed by atoms with Crippen molar-refractivity contribution in [3.63, 3.8) is 0 Å². The number of hydrogen-bond donors (Lipinski definition) is 1. The number of Topliss-reactive ketones (excluding diaryl/α,β-unsaturated/α-hetero) is 3. The Morgan fingerprint density at radius 2 is 1.88 bits per heavy atom. The molecule has 4 rings (SSSR count). The lowest BCUT2D eigenvalue weighted by Crippen LogP contribution is -2.34. The highest BCUT2D eigenvalue weighted by atomic mass is 16.4. The standard InChI is InChI=1S/C27H29NO5/c1-17-14-25(31)27(22-7-5-20(29)16-24(22)30)21-6-4-19(15-23(17)21)3-2-18-8-11-28(12-9-18)13-10-26(32)33/h4,6,15,17-18H,5,7-14,16H2,1H3,(H,32,33)/b27-22-. The van der Waals surface area contributed by atoms with Crippen molar-refractivity contribution in [1.29, 1.82) is 0 Å². The molecule has 0 spiro atoms. The Morgan fingerprint density at radius 1 is 1.12 bits per heavy atom. The largest absolute Gasteiger partial charge is 0.481 e. The number of carbonyl (C=O) groups is 4. The predicted molar refractivity (Wildman–Crippen MR) is 124 cm³/mol. The van der Waals surface area contributed by atoms with E-state index in [2.05, 4.69) is 16.7 Å². The minimum Gasteiger partial charge on any atom is -0.481 e. The normalized spacial score (nSPS) is 24.3. The Morgan fingerprint density at radius 3 is 2.58 bits per heavy atom. The molecule has 1 heterocycles. The van der Waals surface area contributed by atoms with Gasteiger partial charge in [0.05, 0.1) is 12.8 Å². The first-order valence-corrected chi connectivity index (χ1v) is 11.7. The lowest BCUT2D eigenvalue weighted by atomic mass is 9.75. The van der Waals surface area contributed by atoms with Crippen molar-refractivity contribution in [3.8, 4) is 11.8 Å². The van der Waals surface area contributed by atoms with E-state index in [4.69, 9.17) is 5.11 Å². The van der Waals surface area contributed by atoms with Gasteiger partial charge in [-0.15, -0.1) is 0 Å². The molecule has 1 unspecified atom stereocenters. The van der Waals surface area contributed by atoms with Crippen molar-refractivity contribution in [2.75, 3.05) is 19.6 Å². The molecule has 3 aliphatic rings. The molecule has 1 aromatic rings. The SMILES string of the molecule is CC1CC(=O)/C(=C2/CCC(=O)CC2=O)c2ccc(C#CC3CCN(CCC(=O)O)CC3)cc21.